The van der Waals surface area contributed by atoms with Crippen molar-refractivity contribution < 1.29 is 17.9 Å². The second kappa shape index (κ2) is 9.35. The highest BCUT2D eigenvalue weighted by atomic mass is 32.2. The van der Waals surface area contributed by atoms with Crippen molar-refractivity contribution in [3.63, 3.8) is 0 Å². The maximum atomic E-state index is 12.0. The van der Waals surface area contributed by atoms with Gasteiger partial charge in [-0.25, -0.2) is 0 Å². The zero-order valence-electron chi connectivity index (χ0n) is 10.5. The van der Waals surface area contributed by atoms with Gasteiger partial charge in [-0.1, -0.05) is 11.8 Å². The van der Waals surface area contributed by atoms with Crippen LogP contribution in [0.25, 0.3) is 0 Å². The van der Waals surface area contributed by atoms with Crippen molar-refractivity contribution in [3.05, 3.63) is 23.7 Å². The van der Waals surface area contributed by atoms with Gasteiger partial charge in [0, 0.05) is 13.2 Å². The lowest BCUT2D eigenvalue weighted by Gasteiger charge is -2.03. The Labute approximate surface area is 110 Å². The highest BCUT2D eigenvalue weighted by Crippen LogP contribution is 2.21. The zero-order chi connectivity index (χ0) is 13.2. The number of rotatable bonds is 10. The van der Waals surface area contributed by atoms with Crippen LogP contribution in [-0.2, 0) is 17.0 Å². The molecule has 1 rings (SSSR count). The molecule has 0 unspecified atom stereocenters. The molecule has 0 fully saturated rings. The average Bonchev–Trinajstić information content (AvgIpc) is 2.79. The predicted octanol–water partition coefficient (Wildman–Crippen LogP) is 3.25. The van der Waals surface area contributed by atoms with Gasteiger partial charge in [0.2, 0.25) is 0 Å². The Bertz CT molecular complexity index is 321. The maximum absolute atomic E-state index is 12.0. The highest BCUT2D eigenvalue weighted by Gasteiger charge is 2.06. The van der Waals surface area contributed by atoms with Crippen LogP contribution in [0.3, 0.4) is 0 Å². The number of thioether (sulfide) groups is 1. The molecule has 18 heavy (non-hydrogen) atoms. The smallest absolute Gasteiger partial charge is 0.284 e. The van der Waals surface area contributed by atoms with E-state index < -0.39 is 5.76 Å². The minimum Gasteiger partial charge on any atom is -0.464 e. The summed E-state index contributed by atoms with van der Waals surface area (Å²) < 4.78 is 34.6. The van der Waals surface area contributed by atoms with E-state index in [1.807, 2.05) is 13.0 Å². The number of furan rings is 1. The van der Waals surface area contributed by atoms with Gasteiger partial charge in [0.25, 0.3) is 5.76 Å². The summed E-state index contributed by atoms with van der Waals surface area (Å²) in [6.07, 6.45) is 0.947. The highest BCUT2D eigenvalue weighted by molar-refractivity contribution is 7.98. The van der Waals surface area contributed by atoms with Crippen molar-refractivity contribution in [2.24, 2.45) is 0 Å². The molecule has 0 bridgehead atoms. The number of hydrogen-bond acceptors (Lipinski definition) is 4. The van der Waals surface area contributed by atoms with Crippen molar-refractivity contribution in [1.29, 1.82) is 0 Å². The van der Waals surface area contributed by atoms with Crippen LogP contribution < -0.4 is 5.32 Å². The van der Waals surface area contributed by atoms with E-state index in [1.54, 1.807) is 6.07 Å². The molecule has 0 aliphatic heterocycles. The first kappa shape index (κ1) is 15.5. The molecule has 1 N–H and O–H groups in total. The Balaban J connectivity index is 2.11. The zero-order valence-corrected chi connectivity index (χ0v) is 11.3. The van der Waals surface area contributed by atoms with Gasteiger partial charge in [0.1, 0.15) is 11.5 Å². The Morgan fingerprint density at radius 2 is 2.17 bits per heavy atom. The first-order chi connectivity index (χ1) is 8.72. The van der Waals surface area contributed by atoms with E-state index in [2.05, 4.69) is 5.32 Å². The lowest BCUT2D eigenvalue weighted by molar-refractivity contribution is 0.144. The summed E-state index contributed by atoms with van der Waals surface area (Å²) in [6.45, 7) is 4.92. The number of hydrogen-bond donors (Lipinski definition) is 1. The minimum atomic E-state index is -2.35. The SMILES string of the molecule is CCOCCCNCc1ccc(CSC(F)F)o1. The van der Waals surface area contributed by atoms with Crippen LogP contribution in [0.15, 0.2) is 16.5 Å². The Morgan fingerprint density at radius 1 is 1.39 bits per heavy atom. The number of nitrogens with one attached hydrogen (secondary N) is 1. The molecule has 0 atom stereocenters. The van der Waals surface area contributed by atoms with Crippen LogP contribution in [-0.4, -0.2) is 25.5 Å². The summed E-state index contributed by atoms with van der Waals surface area (Å²) in [4.78, 5) is 0. The van der Waals surface area contributed by atoms with Gasteiger partial charge >= 0.3 is 0 Å². The molecule has 1 aromatic heterocycles. The van der Waals surface area contributed by atoms with Crippen molar-refractivity contribution in [2.75, 3.05) is 19.8 Å². The average molecular weight is 279 g/mol. The van der Waals surface area contributed by atoms with Crippen LogP contribution in [0.2, 0.25) is 0 Å². The summed E-state index contributed by atoms with van der Waals surface area (Å²) in [5, 5.41) is 3.21. The van der Waals surface area contributed by atoms with Crippen LogP contribution in [0.5, 0.6) is 0 Å². The van der Waals surface area contributed by atoms with Gasteiger partial charge in [0.15, 0.2) is 0 Å². The lowest BCUT2D eigenvalue weighted by atomic mass is 10.4. The molecule has 0 saturated carbocycles. The molecule has 0 aliphatic rings. The van der Waals surface area contributed by atoms with Crippen LogP contribution in [0.4, 0.5) is 8.78 Å². The van der Waals surface area contributed by atoms with E-state index in [9.17, 15) is 8.78 Å². The summed E-state index contributed by atoms with van der Waals surface area (Å²) in [7, 11) is 0. The van der Waals surface area contributed by atoms with Gasteiger partial charge < -0.3 is 14.5 Å². The molecule has 1 aromatic rings. The Hall–Kier alpha value is -0.590. The van der Waals surface area contributed by atoms with E-state index in [4.69, 9.17) is 9.15 Å². The molecule has 1 heterocycles. The lowest BCUT2D eigenvalue weighted by Crippen LogP contribution is -2.15. The largest absolute Gasteiger partial charge is 0.464 e. The van der Waals surface area contributed by atoms with Gasteiger partial charge in [-0.3, -0.25) is 0 Å². The van der Waals surface area contributed by atoms with Crippen molar-refractivity contribution >= 4 is 11.8 Å². The van der Waals surface area contributed by atoms with E-state index in [1.165, 1.54) is 0 Å². The first-order valence-electron chi connectivity index (χ1n) is 5.98. The molecular weight excluding hydrogens is 260 g/mol. The van der Waals surface area contributed by atoms with Crippen molar-refractivity contribution in [2.45, 2.75) is 31.4 Å². The molecule has 0 amide bonds. The predicted molar refractivity (Wildman–Crippen MR) is 68.8 cm³/mol. The van der Waals surface area contributed by atoms with E-state index in [0.717, 1.165) is 31.9 Å². The number of alkyl halides is 2. The fourth-order valence-corrected chi connectivity index (χ4v) is 1.84. The summed E-state index contributed by atoms with van der Waals surface area (Å²) >= 11 is 0.571. The third-order valence-electron chi connectivity index (χ3n) is 2.21. The molecule has 6 heteroatoms. The third-order valence-corrected chi connectivity index (χ3v) is 2.92. The molecule has 0 saturated heterocycles. The number of ether oxygens (including phenoxy) is 1. The van der Waals surface area contributed by atoms with Gasteiger partial charge in [0.05, 0.1) is 12.3 Å². The molecule has 0 aliphatic carbocycles. The van der Waals surface area contributed by atoms with Crippen molar-refractivity contribution in [1.82, 2.24) is 5.32 Å². The second-order valence-electron chi connectivity index (χ2n) is 3.67. The quantitative estimate of drug-likeness (QED) is 0.667. The maximum Gasteiger partial charge on any atom is 0.284 e. The summed E-state index contributed by atoms with van der Waals surface area (Å²) in [6, 6.07) is 3.56. The standard InChI is InChI=1S/C12H19F2NO2S/c1-2-16-7-3-6-15-8-10-4-5-11(17-10)9-18-12(13)14/h4-5,12,15H,2-3,6-9H2,1H3. The molecule has 0 aromatic carbocycles. The summed E-state index contributed by atoms with van der Waals surface area (Å²) in [5.74, 6) is -0.778. The Morgan fingerprint density at radius 3 is 2.89 bits per heavy atom. The fourth-order valence-electron chi connectivity index (χ4n) is 1.40. The second-order valence-corrected chi connectivity index (χ2v) is 4.65. The fraction of sp³-hybridized carbons (Fsp3) is 0.667. The molecule has 0 radical (unpaired) electrons. The van der Waals surface area contributed by atoms with E-state index in [-0.39, 0.29) is 5.75 Å². The molecule has 104 valence electrons. The topological polar surface area (TPSA) is 34.4 Å². The van der Waals surface area contributed by atoms with E-state index in [0.29, 0.717) is 24.1 Å². The molecule has 0 spiro atoms. The molecule has 3 nitrogen and oxygen atoms in total. The van der Waals surface area contributed by atoms with Gasteiger partial charge in [-0.05, 0) is 32.0 Å². The van der Waals surface area contributed by atoms with Crippen LogP contribution in [0.1, 0.15) is 24.9 Å². The van der Waals surface area contributed by atoms with E-state index >= 15 is 0 Å². The van der Waals surface area contributed by atoms with Crippen LogP contribution >= 0.6 is 11.8 Å². The third kappa shape index (κ3) is 6.98. The van der Waals surface area contributed by atoms with Crippen molar-refractivity contribution in [3.8, 4) is 0 Å². The monoisotopic (exact) mass is 279 g/mol. The normalized spacial score (nSPS) is 11.3. The number of halogens is 2. The summed E-state index contributed by atoms with van der Waals surface area (Å²) in [5.41, 5.74) is 0. The van der Waals surface area contributed by atoms with Crippen LogP contribution in [0, 0.1) is 0 Å². The minimum absolute atomic E-state index is 0.210. The first-order valence-corrected chi connectivity index (χ1v) is 7.03. The van der Waals surface area contributed by atoms with Gasteiger partial charge in [-0.2, -0.15) is 8.78 Å². The molecular formula is C12H19F2NO2S. The van der Waals surface area contributed by atoms with Gasteiger partial charge in [-0.15, -0.1) is 0 Å². The Kier molecular flexibility index (Phi) is 8.04.